The molecule has 2 aliphatic rings. The highest BCUT2D eigenvalue weighted by atomic mass is 16.2. The van der Waals surface area contributed by atoms with Crippen molar-refractivity contribution in [3.05, 3.63) is 59.2 Å². The van der Waals surface area contributed by atoms with E-state index in [2.05, 4.69) is 48.4 Å². The lowest BCUT2D eigenvalue weighted by Gasteiger charge is -2.49. The summed E-state index contributed by atoms with van der Waals surface area (Å²) in [5.41, 5.74) is 8.15. The number of carbonyl (C=O) groups excluding carboxylic acids is 1. The monoisotopic (exact) mass is 321 g/mol. The fraction of sp³-hybridized carbons (Fsp3) is 0.350. The molecule has 2 heterocycles. The average molecular weight is 321 g/mol. The largest absolute Gasteiger partial charge is 0.347 e. The van der Waals surface area contributed by atoms with Gasteiger partial charge in [-0.15, -0.1) is 0 Å². The quantitative estimate of drug-likeness (QED) is 0.904. The molecule has 124 valence electrons. The van der Waals surface area contributed by atoms with E-state index in [1.54, 1.807) is 0 Å². The number of aryl methyl sites for hydroxylation is 2. The van der Waals surface area contributed by atoms with Gasteiger partial charge in [0.25, 0.3) is 5.91 Å². The Labute approximate surface area is 143 Å². The second kappa shape index (κ2) is 5.26. The Bertz CT molecular complexity index is 799. The fourth-order valence-corrected chi connectivity index (χ4v) is 3.88. The first-order chi connectivity index (χ1) is 11.5. The van der Waals surface area contributed by atoms with E-state index in [0.717, 1.165) is 41.9 Å². The van der Waals surface area contributed by atoms with Gasteiger partial charge in [0.15, 0.2) is 0 Å². The third-order valence-electron chi connectivity index (χ3n) is 5.26. The van der Waals surface area contributed by atoms with Gasteiger partial charge < -0.3 is 4.90 Å². The summed E-state index contributed by atoms with van der Waals surface area (Å²) in [6, 6.07) is 14.4. The number of benzene rings is 2. The van der Waals surface area contributed by atoms with Crippen LogP contribution in [0.5, 0.6) is 0 Å². The Morgan fingerprint density at radius 2 is 1.75 bits per heavy atom. The molecule has 24 heavy (non-hydrogen) atoms. The Balaban J connectivity index is 1.78. The highest BCUT2D eigenvalue weighted by Crippen LogP contribution is 2.43. The molecule has 1 saturated heterocycles. The first-order valence-electron chi connectivity index (χ1n) is 8.55. The van der Waals surface area contributed by atoms with Crippen molar-refractivity contribution in [3.8, 4) is 0 Å². The van der Waals surface area contributed by atoms with E-state index in [1.807, 2.05) is 30.1 Å². The second-order valence-electron chi connectivity index (χ2n) is 7.11. The highest BCUT2D eigenvalue weighted by Gasteiger charge is 2.49. The Morgan fingerprint density at radius 3 is 2.50 bits per heavy atom. The Kier molecular flexibility index (Phi) is 3.30. The van der Waals surface area contributed by atoms with E-state index in [-0.39, 0.29) is 11.6 Å². The van der Waals surface area contributed by atoms with E-state index in [0.29, 0.717) is 0 Å². The number of hydrazine groups is 1. The van der Waals surface area contributed by atoms with E-state index >= 15 is 0 Å². The van der Waals surface area contributed by atoms with Gasteiger partial charge in [0.05, 0.1) is 16.9 Å². The zero-order valence-corrected chi connectivity index (χ0v) is 14.5. The molecule has 1 N–H and O–H groups in total. The van der Waals surface area contributed by atoms with Gasteiger partial charge in [-0.2, -0.15) is 0 Å². The van der Waals surface area contributed by atoms with Gasteiger partial charge >= 0.3 is 0 Å². The normalized spacial score (nSPS) is 22.4. The number of carbonyl (C=O) groups is 1. The van der Waals surface area contributed by atoms with Gasteiger partial charge in [0.1, 0.15) is 5.66 Å². The van der Waals surface area contributed by atoms with Crippen molar-refractivity contribution in [1.29, 1.82) is 0 Å². The van der Waals surface area contributed by atoms with E-state index in [9.17, 15) is 4.79 Å². The smallest absolute Gasteiger partial charge is 0.276 e. The summed E-state index contributed by atoms with van der Waals surface area (Å²) in [6.07, 6.45) is 2.05. The standard InChI is InChI=1S/C20H23N3O/c1-14-5-8-16(9-6-14)21-23-19(24)17-13-15(2)7-10-18(17)22-12-4-11-20(22,23)3/h5-10,13,21H,4,11-12H2,1-3H3. The number of rotatable bonds is 2. The summed E-state index contributed by atoms with van der Waals surface area (Å²) in [5.74, 6) is 0.0509. The van der Waals surface area contributed by atoms with Gasteiger partial charge in [-0.25, -0.2) is 5.01 Å². The summed E-state index contributed by atoms with van der Waals surface area (Å²) >= 11 is 0. The molecule has 0 saturated carbocycles. The lowest BCUT2D eigenvalue weighted by Crippen LogP contribution is -2.63. The molecule has 1 fully saturated rings. The maximum absolute atomic E-state index is 13.2. The third-order valence-corrected chi connectivity index (χ3v) is 5.26. The van der Waals surface area contributed by atoms with Crippen LogP contribution in [0, 0.1) is 13.8 Å². The van der Waals surface area contributed by atoms with Crippen molar-refractivity contribution in [2.45, 2.75) is 39.3 Å². The molecule has 4 nitrogen and oxygen atoms in total. The van der Waals surface area contributed by atoms with E-state index in [1.165, 1.54) is 5.56 Å². The topological polar surface area (TPSA) is 35.6 Å². The maximum Gasteiger partial charge on any atom is 0.276 e. The van der Waals surface area contributed by atoms with Gasteiger partial charge in [-0.1, -0.05) is 29.3 Å². The maximum atomic E-state index is 13.2. The molecule has 4 rings (SSSR count). The van der Waals surface area contributed by atoms with Crippen LogP contribution in [0.25, 0.3) is 0 Å². The van der Waals surface area contributed by atoms with Crippen molar-refractivity contribution in [2.75, 3.05) is 16.9 Å². The van der Waals surface area contributed by atoms with Crippen LogP contribution >= 0.6 is 0 Å². The lowest BCUT2D eigenvalue weighted by molar-refractivity contribution is 0.0580. The number of hydrogen-bond donors (Lipinski definition) is 1. The Hall–Kier alpha value is -2.49. The van der Waals surface area contributed by atoms with Crippen LogP contribution in [-0.4, -0.2) is 23.1 Å². The summed E-state index contributed by atoms with van der Waals surface area (Å²) in [4.78, 5) is 15.6. The number of amides is 1. The molecule has 4 heteroatoms. The summed E-state index contributed by atoms with van der Waals surface area (Å²) in [7, 11) is 0. The Morgan fingerprint density at radius 1 is 1.04 bits per heavy atom. The van der Waals surface area contributed by atoms with Gasteiger partial charge in [-0.3, -0.25) is 10.2 Å². The summed E-state index contributed by atoms with van der Waals surface area (Å²) in [5, 5.41) is 1.83. The number of fused-ring (bicyclic) bond motifs is 3. The molecule has 0 radical (unpaired) electrons. The highest BCUT2D eigenvalue weighted by molar-refractivity contribution is 6.03. The van der Waals surface area contributed by atoms with Crippen molar-refractivity contribution in [1.82, 2.24) is 5.01 Å². The molecule has 2 aromatic rings. The molecule has 0 spiro atoms. The second-order valence-corrected chi connectivity index (χ2v) is 7.11. The predicted octanol–water partition coefficient (Wildman–Crippen LogP) is 4.10. The van der Waals surface area contributed by atoms with Crippen molar-refractivity contribution >= 4 is 17.3 Å². The van der Waals surface area contributed by atoms with Crippen LogP contribution in [0.3, 0.4) is 0 Å². The van der Waals surface area contributed by atoms with Crippen LogP contribution in [0.15, 0.2) is 42.5 Å². The van der Waals surface area contributed by atoms with Gasteiger partial charge in [0, 0.05) is 6.54 Å². The fourth-order valence-electron chi connectivity index (χ4n) is 3.88. The molecule has 0 aromatic heterocycles. The van der Waals surface area contributed by atoms with Gasteiger partial charge in [0.2, 0.25) is 0 Å². The molecule has 1 atom stereocenters. The van der Waals surface area contributed by atoms with Crippen molar-refractivity contribution in [2.24, 2.45) is 0 Å². The van der Waals surface area contributed by atoms with Crippen LogP contribution < -0.4 is 10.3 Å². The molecular weight excluding hydrogens is 298 g/mol. The minimum Gasteiger partial charge on any atom is -0.347 e. The van der Waals surface area contributed by atoms with E-state index < -0.39 is 0 Å². The summed E-state index contributed by atoms with van der Waals surface area (Å²) in [6.45, 7) is 7.23. The van der Waals surface area contributed by atoms with E-state index in [4.69, 9.17) is 0 Å². The molecule has 0 bridgehead atoms. The van der Waals surface area contributed by atoms with Crippen molar-refractivity contribution < 1.29 is 4.79 Å². The lowest BCUT2D eigenvalue weighted by atomic mass is 9.99. The SMILES string of the molecule is Cc1ccc(NN2C(=O)c3cc(C)ccc3N3CCCC23C)cc1. The number of anilines is 2. The average Bonchev–Trinajstić information content (AvgIpc) is 2.96. The zero-order chi connectivity index (χ0) is 16.9. The number of nitrogens with one attached hydrogen (secondary N) is 1. The minimum absolute atomic E-state index is 0.0509. The zero-order valence-electron chi connectivity index (χ0n) is 14.5. The first-order valence-corrected chi connectivity index (χ1v) is 8.55. The molecule has 0 aliphatic carbocycles. The number of nitrogens with zero attached hydrogens (tertiary/aromatic N) is 2. The molecule has 2 aliphatic heterocycles. The van der Waals surface area contributed by atoms with Crippen molar-refractivity contribution in [3.63, 3.8) is 0 Å². The predicted molar refractivity (Wildman–Crippen MR) is 97.1 cm³/mol. The first kappa shape index (κ1) is 15.1. The molecule has 1 unspecified atom stereocenters. The van der Waals surface area contributed by atoms with Crippen LogP contribution in [-0.2, 0) is 0 Å². The number of hydrogen-bond acceptors (Lipinski definition) is 3. The van der Waals surface area contributed by atoms with Crippen LogP contribution in [0.1, 0.15) is 41.3 Å². The molecular formula is C20H23N3O. The molecule has 2 aromatic carbocycles. The third kappa shape index (κ3) is 2.17. The minimum atomic E-state index is -0.329. The van der Waals surface area contributed by atoms with Crippen LogP contribution in [0.4, 0.5) is 11.4 Å². The summed E-state index contributed by atoms with van der Waals surface area (Å²) < 4.78 is 0. The van der Waals surface area contributed by atoms with Crippen LogP contribution in [0.2, 0.25) is 0 Å². The molecule has 1 amide bonds. The van der Waals surface area contributed by atoms with Gasteiger partial charge in [-0.05, 0) is 57.9 Å².